The molecule has 1 saturated heterocycles. The summed E-state index contributed by atoms with van der Waals surface area (Å²) in [4.78, 5) is 58.3. The molecule has 0 radical (unpaired) electrons. The van der Waals surface area contributed by atoms with Crippen molar-refractivity contribution in [1.82, 2.24) is 10.2 Å². The van der Waals surface area contributed by atoms with Crippen molar-refractivity contribution in [3.05, 3.63) is 36.4 Å². The van der Waals surface area contributed by atoms with Crippen LogP contribution in [0.15, 0.2) is 30.9 Å². The van der Waals surface area contributed by atoms with Crippen molar-refractivity contribution in [3.8, 4) is 11.5 Å². The molecule has 0 aliphatic carbocycles. The first-order valence-electron chi connectivity index (χ1n) is 13.4. The number of rotatable bonds is 18. The van der Waals surface area contributed by atoms with Gasteiger partial charge in [-0.05, 0) is 37.5 Å². The summed E-state index contributed by atoms with van der Waals surface area (Å²) in [5.41, 5.74) is 0.569. The Morgan fingerprint density at radius 3 is 2.63 bits per heavy atom. The Bertz CT molecular complexity index is 1060. The third-order valence-electron chi connectivity index (χ3n) is 6.16. The first kappa shape index (κ1) is 33.2. The molecule has 13 nitrogen and oxygen atoms in total. The molecule has 1 aromatic rings. The van der Waals surface area contributed by atoms with E-state index in [1.54, 1.807) is 18.2 Å². The highest BCUT2D eigenvalue weighted by Gasteiger charge is 2.34. The van der Waals surface area contributed by atoms with Crippen LogP contribution in [0.5, 0.6) is 11.5 Å². The molecule has 3 unspecified atom stereocenters. The summed E-state index contributed by atoms with van der Waals surface area (Å²) in [5.74, 6) is -1.41. The summed E-state index contributed by atoms with van der Waals surface area (Å²) in [6.07, 6.45) is 0.806. The summed E-state index contributed by atoms with van der Waals surface area (Å²) in [7, 11) is 0. The third kappa shape index (κ3) is 12.0. The number of hydrogen-bond donors (Lipinski definition) is 3. The van der Waals surface area contributed by atoms with Gasteiger partial charge in [-0.25, -0.2) is 4.79 Å². The Morgan fingerprint density at radius 2 is 1.95 bits per heavy atom. The van der Waals surface area contributed by atoms with Crippen LogP contribution in [-0.2, 0) is 40.1 Å². The minimum atomic E-state index is -1.19. The molecule has 0 saturated carbocycles. The van der Waals surface area contributed by atoms with Crippen molar-refractivity contribution in [2.75, 3.05) is 19.7 Å². The van der Waals surface area contributed by atoms with E-state index in [1.807, 2.05) is 0 Å². The van der Waals surface area contributed by atoms with E-state index in [9.17, 15) is 34.2 Å². The van der Waals surface area contributed by atoms with E-state index >= 15 is 0 Å². The van der Waals surface area contributed by atoms with Crippen LogP contribution >= 0.6 is 0 Å². The van der Waals surface area contributed by atoms with E-state index in [2.05, 4.69) is 11.9 Å². The van der Waals surface area contributed by atoms with Crippen molar-refractivity contribution in [2.45, 2.75) is 77.0 Å². The first-order chi connectivity index (χ1) is 19.6. The molecule has 41 heavy (non-hydrogen) atoms. The standard InChI is InChI=1S/C28H38N2O11/c1-3-26(35)30(19(2)32)12-6-4-5-8-25(34)29-11-7-13-39-23-16-22(10-9-20(23)17-38-18-31)40-27-15-21(33)14-24(41-27)28(36)37/h3,9-10,16,18,21,24,27,33H,1,4-8,11-15,17H2,2H3,(H,29,34)(H,36,37). The number of nitrogens with one attached hydrogen (secondary N) is 1. The Hall–Kier alpha value is -3.97. The van der Waals surface area contributed by atoms with E-state index in [4.69, 9.17) is 18.9 Å². The average molecular weight is 579 g/mol. The highest BCUT2D eigenvalue weighted by Crippen LogP contribution is 2.29. The van der Waals surface area contributed by atoms with Crippen molar-refractivity contribution in [2.24, 2.45) is 0 Å². The normalized spacial score (nSPS) is 18.0. The molecular formula is C28H38N2O11. The summed E-state index contributed by atoms with van der Waals surface area (Å²) < 4.78 is 21.8. The summed E-state index contributed by atoms with van der Waals surface area (Å²) in [5, 5.41) is 22.0. The predicted molar refractivity (Wildman–Crippen MR) is 144 cm³/mol. The van der Waals surface area contributed by atoms with Crippen LogP contribution < -0.4 is 14.8 Å². The number of aliphatic hydroxyl groups is 1. The van der Waals surface area contributed by atoms with Crippen LogP contribution in [-0.4, -0.2) is 83.5 Å². The number of carboxylic acid groups (broad SMARTS) is 1. The molecule has 3 N–H and O–H groups in total. The number of benzene rings is 1. The number of ether oxygens (including phenoxy) is 4. The Morgan fingerprint density at radius 1 is 1.17 bits per heavy atom. The number of hydrogen-bond acceptors (Lipinski definition) is 10. The fourth-order valence-electron chi connectivity index (χ4n) is 4.07. The monoisotopic (exact) mass is 578 g/mol. The Kier molecular flexibility index (Phi) is 14.3. The minimum Gasteiger partial charge on any atom is -0.493 e. The highest BCUT2D eigenvalue weighted by molar-refractivity contribution is 5.99. The van der Waals surface area contributed by atoms with Gasteiger partial charge >= 0.3 is 5.97 Å². The molecule has 1 aromatic carbocycles. The van der Waals surface area contributed by atoms with Crippen LogP contribution in [0, 0.1) is 0 Å². The van der Waals surface area contributed by atoms with E-state index in [0.717, 1.165) is 11.0 Å². The number of imide groups is 1. The van der Waals surface area contributed by atoms with Crippen LogP contribution in [0.2, 0.25) is 0 Å². The third-order valence-corrected chi connectivity index (χ3v) is 6.16. The molecule has 0 bridgehead atoms. The maximum absolute atomic E-state index is 12.1. The van der Waals surface area contributed by atoms with Crippen molar-refractivity contribution in [3.63, 3.8) is 0 Å². The number of nitrogens with zero attached hydrogens (tertiary/aromatic N) is 1. The molecule has 0 aromatic heterocycles. The van der Waals surface area contributed by atoms with Gasteiger partial charge in [0, 0.05) is 50.9 Å². The van der Waals surface area contributed by atoms with Gasteiger partial charge in [0.05, 0.1) is 12.7 Å². The number of carboxylic acids is 1. The summed E-state index contributed by atoms with van der Waals surface area (Å²) in [6.45, 7) is 5.85. The fraction of sp³-hybridized carbons (Fsp3) is 0.536. The molecule has 13 heteroatoms. The zero-order chi connectivity index (χ0) is 30.2. The topological polar surface area (TPSA) is 178 Å². The smallest absolute Gasteiger partial charge is 0.333 e. The van der Waals surface area contributed by atoms with Crippen LogP contribution in [0.3, 0.4) is 0 Å². The number of carbonyl (C=O) groups is 5. The molecule has 2 rings (SSSR count). The molecule has 3 amide bonds. The zero-order valence-corrected chi connectivity index (χ0v) is 23.1. The fourth-order valence-corrected chi connectivity index (χ4v) is 4.07. The van der Waals surface area contributed by atoms with E-state index in [1.165, 1.54) is 6.92 Å². The molecular weight excluding hydrogens is 540 g/mol. The maximum Gasteiger partial charge on any atom is 0.333 e. The second kappa shape index (κ2) is 17.7. The lowest BCUT2D eigenvalue weighted by atomic mass is 10.1. The first-order valence-corrected chi connectivity index (χ1v) is 13.4. The quantitative estimate of drug-likeness (QED) is 0.131. The average Bonchev–Trinajstić information content (AvgIpc) is 2.93. The number of carbonyl (C=O) groups excluding carboxylic acids is 4. The molecule has 1 aliphatic heterocycles. The van der Waals surface area contributed by atoms with Gasteiger partial charge in [-0.2, -0.15) is 0 Å². The van der Waals surface area contributed by atoms with E-state index in [0.29, 0.717) is 62.2 Å². The molecule has 1 aliphatic rings. The summed E-state index contributed by atoms with van der Waals surface area (Å²) >= 11 is 0. The van der Waals surface area contributed by atoms with Gasteiger partial charge in [0.15, 0.2) is 6.10 Å². The van der Waals surface area contributed by atoms with Crippen molar-refractivity contribution >= 4 is 30.2 Å². The van der Waals surface area contributed by atoms with Gasteiger partial charge in [0.2, 0.25) is 18.1 Å². The van der Waals surface area contributed by atoms with Gasteiger partial charge < -0.3 is 34.5 Å². The molecule has 1 fully saturated rings. The van der Waals surface area contributed by atoms with Gasteiger partial charge in [0.1, 0.15) is 18.1 Å². The van der Waals surface area contributed by atoms with Gasteiger partial charge in [-0.3, -0.25) is 24.1 Å². The van der Waals surface area contributed by atoms with Crippen molar-refractivity contribution in [1.29, 1.82) is 0 Å². The number of amides is 3. The molecule has 1 heterocycles. The van der Waals surface area contributed by atoms with E-state index < -0.39 is 30.4 Å². The van der Waals surface area contributed by atoms with Gasteiger partial charge in [0.25, 0.3) is 12.4 Å². The number of aliphatic carboxylic acids is 1. The molecule has 0 spiro atoms. The van der Waals surface area contributed by atoms with Crippen molar-refractivity contribution < 1.29 is 53.1 Å². The van der Waals surface area contributed by atoms with Crippen LogP contribution in [0.4, 0.5) is 0 Å². The second-order valence-corrected chi connectivity index (χ2v) is 9.39. The lowest BCUT2D eigenvalue weighted by Gasteiger charge is -2.31. The zero-order valence-electron chi connectivity index (χ0n) is 23.1. The van der Waals surface area contributed by atoms with Crippen LogP contribution in [0.1, 0.15) is 57.4 Å². The minimum absolute atomic E-state index is 0.0276. The maximum atomic E-state index is 12.1. The lowest BCUT2D eigenvalue weighted by Crippen LogP contribution is -2.42. The SMILES string of the molecule is C=CC(=O)N(CCCCCC(=O)NCCCOc1cc(OC2CC(O)CC(C(=O)O)O2)ccc1COC=O)C(C)=O. The summed E-state index contributed by atoms with van der Waals surface area (Å²) in [6, 6.07) is 4.77. The molecule has 3 atom stereocenters. The Labute approximate surface area is 238 Å². The van der Waals surface area contributed by atoms with Gasteiger partial charge in [-0.15, -0.1) is 0 Å². The predicted octanol–water partition coefficient (Wildman–Crippen LogP) is 1.70. The number of aliphatic hydroxyl groups excluding tert-OH is 1. The lowest BCUT2D eigenvalue weighted by molar-refractivity contribution is -0.195. The largest absolute Gasteiger partial charge is 0.493 e. The highest BCUT2D eigenvalue weighted by atomic mass is 16.7. The number of unbranched alkanes of at least 4 members (excludes halogenated alkanes) is 2. The van der Waals surface area contributed by atoms with Gasteiger partial charge in [-0.1, -0.05) is 13.0 Å². The van der Waals surface area contributed by atoms with Crippen LogP contribution in [0.25, 0.3) is 0 Å². The molecule has 226 valence electrons. The Balaban J connectivity index is 1.76. The van der Waals surface area contributed by atoms with E-state index in [-0.39, 0.29) is 44.4 Å². The second-order valence-electron chi connectivity index (χ2n) is 9.39.